The predicted molar refractivity (Wildman–Crippen MR) is 114 cm³/mol. The number of amides is 1. The molecular weight excluding hydrogens is 413 g/mol. The van der Waals surface area contributed by atoms with Crippen molar-refractivity contribution in [1.82, 2.24) is 5.32 Å². The molecule has 2 aromatic rings. The molecule has 0 spiro atoms. The van der Waals surface area contributed by atoms with Crippen LogP contribution in [0.1, 0.15) is 54.9 Å². The van der Waals surface area contributed by atoms with E-state index in [-0.39, 0.29) is 12.7 Å². The van der Waals surface area contributed by atoms with Gasteiger partial charge in [0.1, 0.15) is 0 Å². The molecule has 1 N–H and O–H groups in total. The molecule has 7 heteroatoms. The van der Waals surface area contributed by atoms with Gasteiger partial charge >= 0.3 is 0 Å². The van der Waals surface area contributed by atoms with Gasteiger partial charge in [-0.1, -0.05) is 61.9 Å². The number of benzene rings is 2. The highest BCUT2D eigenvalue weighted by Gasteiger charge is 2.16. The second-order valence-corrected chi connectivity index (χ2v) is 7.72. The van der Waals surface area contributed by atoms with Crippen LogP contribution in [0.2, 0.25) is 10.0 Å². The van der Waals surface area contributed by atoms with Crippen molar-refractivity contribution in [2.75, 3.05) is 13.4 Å². The number of rotatable bonds is 10. The molecule has 156 valence electrons. The first kappa shape index (κ1) is 21.6. The van der Waals surface area contributed by atoms with Gasteiger partial charge in [-0.3, -0.25) is 4.79 Å². The van der Waals surface area contributed by atoms with E-state index in [4.69, 9.17) is 37.4 Å². The summed E-state index contributed by atoms with van der Waals surface area (Å²) in [6, 6.07) is 8.71. The number of carbonyl (C=O) groups excluding carboxylic acids is 1. The Hall–Kier alpha value is -2.11. The average molecular weight is 438 g/mol. The van der Waals surface area contributed by atoms with Crippen molar-refractivity contribution in [2.45, 2.75) is 45.6 Å². The van der Waals surface area contributed by atoms with Crippen molar-refractivity contribution in [3.8, 4) is 17.2 Å². The van der Waals surface area contributed by atoms with E-state index >= 15 is 0 Å². The van der Waals surface area contributed by atoms with E-state index in [9.17, 15) is 4.79 Å². The van der Waals surface area contributed by atoms with E-state index in [1.54, 1.807) is 12.1 Å². The van der Waals surface area contributed by atoms with E-state index in [0.717, 1.165) is 18.4 Å². The largest absolute Gasteiger partial charge is 0.490 e. The SMILES string of the molecule is CCCCCCCOc1c(Cl)cc(C(=O)NCc2ccc3c(c2)OCO3)cc1Cl. The molecule has 3 rings (SSSR count). The lowest BCUT2D eigenvalue weighted by molar-refractivity contribution is 0.0950. The molecule has 2 aromatic carbocycles. The van der Waals surface area contributed by atoms with E-state index < -0.39 is 0 Å². The molecule has 0 saturated carbocycles. The van der Waals surface area contributed by atoms with Crippen LogP contribution < -0.4 is 19.5 Å². The average Bonchev–Trinajstić information content (AvgIpc) is 3.18. The lowest BCUT2D eigenvalue weighted by atomic mass is 10.1. The fraction of sp³-hybridized carbons (Fsp3) is 0.409. The van der Waals surface area contributed by atoms with Crippen molar-refractivity contribution < 1.29 is 19.0 Å². The summed E-state index contributed by atoms with van der Waals surface area (Å²) < 4.78 is 16.4. The summed E-state index contributed by atoms with van der Waals surface area (Å²) in [4.78, 5) is 12.5. The highest BCUT2D eigenvalue weighted by molar-refractivity contribution is 6.37. The lowest BCUT2D eigenvalue weighted by Gasteiger charge is -2.12. The third-order valence-corrected chi connectivity index (χ3v) is 5.21. The molecule has 0 aliphatic carbocycles. The fourth-order valence-corrected chi connectivity index (χ4v) is 3.64. The zero-order valence-corrected chi connectivity index (χ0v) is 17.9. The van der Waals surface area contributed by atoms with Gasteiger partial charge in [-0.2, -0.15) is 0 Å². The molecule has 0 saturated heterocycles. The van der Waals surface area contributed by atoms with Crippen LogP contribution in [0.15, 0.2) is 30.3 Å². The van der Waals surface area contributed by atoms with Crippen LogP contribution in [0.3, 0.4) is 0 Å². The van der Waals surface area contributed by atoms with E-state index in [1.165, 1.54) is 19.3 Å². The van der Waals surface area contributed by atoms with Gasteiger partial charge < -0.3 is 19.5 Å². The molecule has 0 bridgehead atoms. The topological polar surface area (TPSA) is 56.8 Å². The molecule has 0 fully saturated rings. The zero-order valence-electron chi connectivity index (χ0n) is 16.4. The third kappa shape index (κ3) is 5.94. The minimum atomic E-state index is -0.266. The summed E-state index contributed by atoms with van der Waals surface area (Å²) in [5.74, 6) is 1.55. The lowest BCUT2D eigenvalue weighted by Crippen LogP contribution is -2.22. The van der Waals surface area contributed by atoms with Crippen LogP contribution in [0, 0.1) is 0 Å². The number of hydrogen-bond acceptors (Lipinski definition) is 4. The minimum Gasteiger partial charge on any atom is -0.490 e. The van der Waals surface area contributed by atoms with Gasteiger partial charge in [0.25, 0.3) is 5.91 Å². The van der Waals surface area contributed by atoms with Gasteiger partial charge in [0.2, 0.25) is 6.79 Å². The molecule has 29 heavy (non-hydrogen) atoms. The molecule has 0 aromatic heterocycles. The molecule has 1 aliphatic heterocycles. The normalized spacial score (nSPS) is 12.1. The number of hydrogen-bond donors (Lipinski definition) is 1. The predicted octanol–water partition coefficient (Wildman–Crippen LogP) is 6.00. The van der Waals surface area contributed by atoms with Gasteiger partial charge in [0, 0.05) is 12.1 Å². The highest BCUT2D eigenvalue weighted by atomic mass is 35.5. The summed E-state index contributed by atoms with van der Waals surface area (Å²) in [7, 11) is 0. The first-order valence-corrected chi connectivity index (χ1v) is 10.6. The number of carbonyl (C=O) groups is 1. The van der Waals surface area contributed by atoms with Gasteiger partial charge in [0.15, 0.2) is 17.2 Å². The highest BCUT2D eigenvalue weighted by Crippen LogP contribution is 2.35. The summed E-state index contributed by atoms with van der Waals surface area (Å²) in [6.07, 6.45) is 5.70. The number of nitrogens with one attached hydrogen (secondary N) is 1. The van der Waals surface area contributed by atoms with Crippen molar-refractivity contribution in [3.05, 3.63) is 51.5 Å². The van der Waals surface area contributed by atoms with E-state index in [2.05, 4.69) is 12.2 Å². The third-order valence-electron chi connectivity index (χ3n) is 4.64. The van der Waals surface area contributed by atoms with Crippen LogP contribution in [0.5, 0.6) is 17.2 Å². The summed E-state index contributed by atoms with van der Waals surface area (Å²) in [5.41, 5.74) is 1.29. The smallest absolute Gasteiger partial charge is 0.251 e. The van der Waals surface area contributed by atoms with Crippen molar-refractivity contribution in [3.63, 3.8) is 0 Å². The first-order chi connectivity index (χ1) is 14.1. The molecule has 0 atom stereocenters. The van der Waals surface area contributed by atoms with Crippen LogP contribution in [0.25, 0.3) is 0 Å². The van der Waals surface area contributed by atoms with E-state index in [0.29, 0.717) is 46.0 Å². The molecule has 0 radical (unpaired) electrons. The van der Waals surface area contributed by atoms with Crippen LogP contribution in [-0.4, -0.2) is 19.3 Å². The van der Waals surface area contributed by atoms with Gasteiger partial charge in [-0.25, -0.2) is 0 Å². The Morgan fingerprint density at radius 2 is 1.76 bits per heavy atom. The Morgan fingerprint density at radius 3 is 2.52 bits per heavy atom. The van der Waals surface area contributed by atoms with Gasteiger partial charge in [0.05, 0.1) is 16.7 Å². The molecular formula is C22H25Cl2NO4. The molecule has 1 heterocycles. The van der Waals surface area contributed by atoms with E-state index in [1.807, 2.05) is 18.2 Å². The number of fused-ring (bicyclic) bond motifs is 1. The number of unbranched alkanes of at least 4 members (excludes halogenated alkanes) is 4. The quantitative estimate of drug-likeness (QED) is 0.462. The maximum atomic E-state index is 12.5. The van der Waals surface area contributed by atoms with Crippen molar-refractivity contribution in [1.29, 1.82) is 0 Å². The molecule has 1 amide bonds. The fourth-order valence-electron chi connectivity index (χ4n) is 3.04. The van der Waals surface area contributed by atoms with Gasteiger partial charge in [-0.15, -0.1) is 0 Å². The molecule has 0 unspecified atom stereocenters. The first-order valence-electron chi connectivity index (χ1n) is 9.87. The Kier molecular flexibility index (Phi) is 7.90. The summed E-state index contributed by atoms with van der Waals surface area (Å²) in [5, 5.41) is 3.52. The summed E-state index contributed by atoms with van der Waals surface area (Å²) >= 11 is 12.6. The maximum absolute atomic E-state index is 12.5. The minimum absolute atomic E-state index is 0.218. The summed E-state index contributed by atoms with van der Waals surface area (Å²) in [6.45, 7) is 3.30. The van der Waals surface area contributed by atoms with Crippen molar-refractivity contribution in [2.24, 2.45) is 0 Å². The maximum Gasteiger partial charge on any atom is 0.251 e. The number of halogens is 2. The number of ether oxygens (including phenoxy) is 3. The van der Waals surface area contributed by atoms with Crippen molar-refractivity contribution >= 4 is 29.1 Å². The molecule has 5 nitrogen and oxygen atoms in total. The zero-order chi connectivity index (χ0) is 20.6. The van der Waals surface area contributed by atoms with Gasteiger partial charge in [-0.05, 0) is 36.2 Å². The van der Waals surface area contributed by atoms with Crippen LogP contribution in [-0.2, 0) is 6.54 Å². The Bertz CT molecular complexity index is 834. The standard InChI is InChI=1S/C22H25Cl2NO4/c1-2-3-4-5-6-9-27-21-17(23)11-16(12-18(21)24)22(26)25-13-15-7-8-19-20(10-15)29-14-28-19/h7-8,10-12H,2-6,9,13-14H2,1H3,(H,25,26). The van der Waals surface area contributed by atoms with Crippen LogP contribution >= 0.6 is 23.2 Å². The second kappa shape index (κ2) is 10.6. The van der Waals surface area contributed by atoms with Crippen LogP contribution in [0.4, 0.5) is 0 Å². The Balaban J connectivity index is 1.54. The molecule has 1 aliphatic rings. The monoisotopic (exact) mass is 437 g/mol. The Labute approximate surface area is 181 Å². The Morgan fingerprint density at radius 1 is 1.03 bits per heavy atom. The second-order valence-electron chi connectivity index (χ2n) is 6.90.